The van der Waals surface area contributed by atoms with Gasteiger partial charge in [-0.3, -0.25) is 9.10 Å². The van der Waals surface area contributed by atoms with Crippen molar-refractivity contribution in [2.45, 2.75) is 24.7 Å². The molecule has 0 fully saturated rings. The summed E-state index contributed by atoms with van der Waals surface area (Å²) in [5.41, 5.74) is 1.15. The molecule has 0 saturated heterocycles. The van der Waals surface area contributed by atoms with Crippen molar-refractivity contribution in [3.8, 4) is 0 Å². The summed E-state index contributed by atoms with van der Waals surface area (Å²) < 4.78 is 32.8. The molecule has 0 aliphatic carbocycles. The minimum absolute atomic E-state index is 0.0670. The van der Waals surface area contributed by atoms with Gasteiger partial charge in [-0.1, -0.05) is 36.5 Å². The quantitative estimate of drug-likeness (QED) is 0.308. The summed E-state index contributed by atoms with van der Waals surface area (Å²) >= 11 is 11.8. The molecule has 2 heterocycles. The summed E-state index contributed by atoms with van der Waals surface area (Å²) in [6.45, 7) is 1.71. The highest BCUT2D eigenvalue weighted by Crippen LogP contribution is 2.29. The molecule has 0 spiro atoms. The summed E-state index contributed by atoms with van der Waals surface area (Å²) in [5.74, 6) is -0.651. The van der Waals surface area contributed by atoms with E-state index in [0.29, 0.717) is 12.1 Å². The summed E-state index contributed by atoms with van der Waals surface area (Å²) in [6.07, 6.45) is 3.30. The minimum Gasteiger partial charge on any atom is -0.464 e. The van der Waals surface area contributed by atoms with Crippen LogP contribution in [0.15, 0.2) is 47.5 Å². The van der Waals surface area contributed by atoms with Crippen molar-refractivity contribution in [2.24, 2.45) is 0 Å². The number of esters is 1. The zero-order valence-corrected chi connectivity index (χ0v) is 17.9. The molecule has 0 bridgehead atoms. The van der Waals surface area contributed by atoms with Crippen molar-refractivity contribution in [2.75, 3.05) is 17.5 Å². The van der Waals surface area contributed by atoms with E-state index in [0.717, 1.165) is 21.6 Å². The first-order valence-electron chi connectivity index (χ1n) is 8.90. The predicted octanol–water partition coefficient (Wildman–Crippen LogP) is 4.41. The number of rotatable bonds is 8. The van der Waals surface area contributed by atoms with Gasteiger partial charge in [-0.2, -0.15) is 0 Å². The van der Waals surface area contributed by atoms with Crippen LogP contribution in [0.5, 0.6) is 0 Å². The lowest BCUT2D eigenvalue weighted by molar-refractivity contribution is -0.141. The van der Waals surface area contributed by atoms with Crippen molar-refractivity contribution in [3.63, 3.8) is 0 Å². The Labute approximate surface area is 178 Å². The maximum atomic E-state index is 13.3. The van der Waals surface area contributed by atoms with E-state index in [2.05, 4.69) is 9.97 Å². The Kier molecular flexibility index (Phi) is 6.66. The predicted molar refractivity (Wildman–Crippen MR) is 113 cm³/mol. The Balaban J connectivity index is 2.02. The van der Waals surface area contributed by atoms with Crippen LogP contribution in [0.1, 0.15) is 19.8 Å². The van der Waals surface area contributed by atoms with Crippen LogP contribution >= 0.6 is 23.2 Å². The lowest BCUT2D eigenvalue weighted by atomic mass is 10.2. The summed E-state index contributed by atoms with van der Waals surface area (Å²) in [5, 5.41) is 0.665. The second kappa shape index (κ2) is 9.02. The normalized spacial score (nSPS) is 11.6. The molecular formula is C19H19Cl2N3O4S. The number of sulfonamides is 1. The minimum atomic E-state index is -4.16. The number of H-pyrrole nitrogens is 1. The largest absolute Gasteiger partial charge is 0.464 e. The topological polar surface area (TPSA) is 92.4 Å². The number of carbonyl (C=O) groups excluding carboxylic acids is 1. The molecule has 0 aliphatic heterocycles. The van der Waals surface area contributed by atoms with Crippen LogP contribution in [0.3, 0.4) is 0 Å². The molecule has 154 valence electrons. The van der Waals surface area contributed by atoms with E-state index >= 15 is 0 Å². The van der Waals surface area contributed by atoms with E-state index in [1.807, 2.05) is 13.0 Å². The third-order valence-corrected chi connectivity index (χ3v) is 6.32. The zero-order chi connectivity index (χ0) is 21.0. The monoisotopic (exact) mass is 455 g/mol. The Hall–Kier alpha value is -2.29. The highest BCUT2D eigenvalue weighted by atomic mass is 35.5. The molecule has 10 heteroatoms. The number of hydrogen-bond acceptors (Lipinski definition) is 5. The van der Waals surface area contributed by atoms with Gasteiger partial charge in [-0.15, -0.1) is 0 Å². The average Bonchev–Trinajstić information content (AvgIpc) is 3.13. The highest BCUT2D eigenvalue weighted by molar-refractivity contribution is 7.92. The number of hydrogen-bond donors (Lipinski definition) is 1. The molecule has 2 aromatic heterocycles. The van der Waals surface area contributed by atoms with Crippen molar-refractivity contribution in [1.82, 2.24) is 9.97 Å². The van der Waals surface area contributed by atoms with Crippen LogP contribution in [-0.2, 0) is 19.6 Å². The Morgan fingerprint density at radius 1 is 1.17 bits per heavy atom. The van der Waals surface area contributed by atoms with Crippen molar-refractivity contribution < 1.29 is 17.9 Å². The molecule has 0 atom stereocenters. The summed E-state index contributed by atoms with van der Waals surface area (Å²) in [4.78, 5) is 19.0. The molecule has 3 aromatic rings. The first-order valence-corrected chi connectivity index (χ1v) is 11.1. The molecule has 1 N–H and O–H groups in total. The van der Waals surface area contributed by atoms with Gasteiger partial charge in [0.2, 0.25) is 0 Å². The number of aromatic amines is 1. The molecular weight excluding hydrogens is 437 g/mol. The van der Waals surface area contributed by atoms with Gasteiger partial charge in [0, 0.05) is 17.1 Å². The number of benzene rings is 1. The van der Waals surface area contributed by atoms with Crippen LogP contribution in [0, 0.1) is 0 Å². The summed E-state index contributed by atoms with van der Waals surface area (Å²) in [6, 6.07) is 9.21. The second-order valence-corrected chi connectivity index (χ2v) is 8.92. The second-order valence-electron chi connectivity index (χ2n) is 6.28. The Bertz CT molecular complexity index is 1110. The van der Waals surface area contributed by atoms with Crippen molar-refractivity contribution in [3.05, 3.63) is 52.9 Å². The molecule has 7 nitrogen and oxygen atoms in total. The maximum Gasteiger partial charge on any atom is 0.326 e. The van der Waals surface area contributed by atoms with Gasteiger partial charge in [0.15, 0.2) is 0 Å². The van der Waals surface area contributed by atoms with Crippen LogP contribution < -0.4 is 4.31 Å². The van der Waals surface area contributed by atoms with E-state index in [9.17, 15) is 13.2 Å². The van der Waals surface area contributed by atoms with E-state index in [1.54, 1.807) is 24.4 Å². The lowest BCUT2D eigenvalue weighted by Crippen LogP contribution is -2.36. The van der Waals surface area contributed by atoms with E-state index in [-0.39, 0.29) is 21.8 Å². The van der Waals surface area contributed by atoms with Gasteiger partial charge in [0.1, 0.15) is 16.9 Å². The van der Waals surface area contributed by atoms with Gasteiger partial charge in [0.05, 0.1) is 17.2 Å². The molecule has 3 rings (SSSR count). The third kappa shape index (κ3) is 5.01. The molecule has 0 saturated carbocycles. The van der Waals surface area contributed by atoms with Gasteiger partial charge < -0.3 is 9.72 Å². The van der Waals surface area contributed by atoms with E-state index < -0.39 is 22.5 Å². The smallest absolute Gasteiger partial charge is 0.326 e. The van der Waals surface area contributed by atoms with Crippen LogP contribution in [-0.4, -0.2) is 37.5 Å². The molecule has 0 radical (unpaired) electrons. The number of halogens is 2. The molecule has 0 amide bonds. The fraction of sp³-hybridized carbons (Fsp3) is 0.263. The first kappa shape index (κ1) is 21.4. The molecule has 0 aliphatic rings. The van der Waals surface area contributed by atoms with Gasteiger partial charge in [-0.05, 0) is 42.8 Å². The number of ether oxygens (including phenoxy) is 1. The number of nitrogens with zero attached hydrogens (tertiary/aromatic N) is 2. The molecule has 1 aromatic carbocycles. The Morgan fingerprint density at radius 3 is 2.59 bits per heavy atom. The number of fused-ring (bicyclic) bond motifs is 1. The van der Waals surface area contributed by atoms with Gasteiger partial charge in [-0.25, -0.2) is 13.4 Å². The lowest BCUT2D eigenvalue weighted by Gasteiger charge is -2.24. The number of carbonyl (C=O) groups is 1. The SMILES string of the molecule is CCCCOC(=O)CN(c1ccc2[nH]ccc2c1)S(=O)(=O)c1cc(Cl)nc(Cl)c1. The van der Waals surface area contributed by atoms with E-state index in [1.165, 1.54) is 12.1 Å². The molecule has 0 unspecified atom stereocenters. The zero-order valence-electron chi connectivity index (χ0n) is 15.6. The highest BCUT2D eigenvalue weighted by Gasteiger charge is 2.29. The number of anilines is 1. The Morgan fingerprint density at radius 2 is 1.90 bits per heavy atom. The average molecular weight is 456 g/mol. The number of unbranched alkanes of at least 4 members (excludes halogenated alkanes) is 1. The maximum absolute atomic E-state index is 13.3. The fourth-order valence-electron chi connectivity index (χ4n) is 2.72. The van der Waals surface area contributed by atoms with Crippen molar-refractivity contribution >= 4 is 55.8 Å². The summed E-state index contributed by atoms with van der Waals surface area (Å²) in [7, 11) is -4.16. The fourth-order valence-corrected chi connectivity index (χ4v) is 4.76. The standard InChI is InChI=1S/C19H19Cl2N3O4S/c1-2-3-8-28-19(25)12-24(14-4-5-16-13(9-14)6-7-22-16)29(26,27)15-10-17(20)23-18(21)11-15/h4-7,9-11,22H,2-3,8,12H2,1H3. The number of pyridine rings is 1. The van der Waals surface area contributed by atoms with Crippen LogP contribution in [0.4, 0.5) is 5.69 Å². The first-order chi connectivity index (χ1) is 13.8. The van der Waals surface area contributed by atoms with Crippen molar-refractivity contribution in [1.29, 1.82) is 0 Å². The van der Waals surface area contributed by atoms with Gasteiger partial charge >= 0.3 is 5.97 Å². The third-order valence-electron chi connectivity index (χ3n) is 4.18. The van der Waals surface area contributed by atoms with E-state index in [4.69, 9.17) is 27.9 Å². The number of nitrogens with one attached hydrogen (secondary N) is 1. The van der Waals surface area contributed by atoms with Crippen LogP contribution in [0.2, 0.25) is 10.3 Å². The number of aromatic nitrogens is 2. The molecule has 29 heavy (non-hydrogen) atoms. The van der Waals surface area contributed by atoms with Gasteiger partial charge in [0.25, 0.3) is 10.0 Å². The van der Waals surface area contributed by atoms with Crippen LogP contribution in [0.25, 0.3) is 10.9 Å².